The number of carboxylic acids is 1. The van der Waals surface area contributed by atoms with Crippen LogP contribution in [0.1, 0.15) is 37.8 Å². The van der Waals surface area contributed by atoms with E-state index in [0.29, 0.717) is 6.42 Å². The molecule has 24 heavy (non-hydrogen) atoms. The number of carboxylic acid groups (broad SMARTS) is 1. The van der Waals surface area contributed by atoms with Crippen LogP contribution in [0.15, 0.2) is 30.0 Å². The third kappa shape index (κ3) is 5.76. The van der Waals surface area contributed by atoms with Crippen LogP contribution >= 0.6 is 0 Å². The van der Waals surface area contributed by atoms with E-state index in [4.69, 9.17) is 10.4 Å². The quantitative estimate of drug-likeness (QED) is 0.367. The van der Waals surface area contributed by atoms with Crippen LogP contribution in [0.4, 0.5) is 5.69 Å². The molecule has 0 unspecified atom stereocenters. The molecule has 0 aliphatic heterocycles. The van der Waals surface area contributed by atoms with Gasteiger partial charge in [-0.25, -0.2) is 0 Å². The number of nitriles is 1. The van der Waals surface area contributed by atoms with Gasteiger partial charge in [0, 0.05) is 24.9 Å². The summed E-state index contributed by atoms with van der Waals surface area (Å²) in [7, 11) is 0. The van der Waals surface area contributed by atoms with Gasteiger partial charge >= 0.3 is 5.97 Å². The molecule has 6 heteroatoms. The number of benzene rings is 1. The number of nitrogens with one attached hydrogen (secondary N) is 2. The zero-order valence-electron chi connectivity index (χ0n) is 14.1. The van der Waals surface area contributed by atoms with Crippen molar-refractivity contribution < 1.29 is 14.7 Å². The number of aliphatic carboxylic acids is 1. The Morgan fingerprint density at radius 1 is 1.25 bits per heavy atom. The molecule has 1 aromatic carbocycles. The lowest BCUT2D eigenvalue weighted by molar-refractivity contribution is -0.137. The van der Waals surface area contributed by atoms with E-state index in [9.17, 15) is 9.59 Å². The SMILES string of the molecule is CCc1cccc(CC)c1N/C=C(/C#N)C(=O)NCCCC(=O)O. The van der Waals surface area contributed by atoms with Gasteiger partial charge in [0.05, 0.1) is 0 Å². The normalized spacial score (nSPS) is 10.8. The minimum Gasteiger partial charge on any atom is -0.481 e. The Morgan fingerprint density at radius 3 is 2.38 bits per heavy atom. The van der Waals surface area contributed by atoms with Gasteiger partial charge in [-0.3, -0.25) is 9.59 Å². The van der Waals surface area contributed by atoms with Crippen LogP contribution in [0.3, 0.4) is 0 Å². The number of nitrogens with zero attached hydrogens (tertiary/aromatic N) is 1. The molecule has 1 amide bonds. The largest absolute Gasteiger partial charge is 0.481 e. The summed E-state index contributed by atoms with van der Waals surface area (Å²) in [6.07, 6.45) is 3.39. The lowest BCUT2D eigenvalue weighted by Crippen LogP contribution is -2.26. The maximum atomic E-state index is 12.0. The summed E-state index contributed by atoms with van der Waals surface area (Å²) < 4.78 is 0. The molecule has 0 bridgehead atoms. The first-order valence-electron chi connectivity index (χ1n) is 8.01. The fourth-order valence-corrected chi connectivity index (χ4v) is 2.26. The van der Waals surface area contributed by atoms with Crippen molar-refractivity contribution >= 4 is 17.6 Å². The van der Waals surface area contributed by atoms with E-state index >= 15 is 0 Å². The van der Waals surface area contributed by atoms with Gasteiger partial charge in [-0.15, -0.1) is 0 Å². The summed E-state index contributed by atoms with van der Waals surface area (Å²) in [4.78, 5) is 22.4. The minimum atomic E-state index is -0.912. The van der Waals surface area contributed by atoms with Crippen LogP contribution in [-0.4, -0.2) is 23.5 Å². The Labute approximate surface area is 142 Å². The van der Waals surface area contributed by atoms with Crippen LogP contribution in [0, 0.1) is 11.3 Å². The van der Waals surface area contributed by atoms with Gasteiger partial charge in [0.25, 0.3) is 5.91 Å². The van der Waals surface area contributed by atoms with Gasteiger partial charge in [0.1, 0.15) is 11.6 Å². The number of amides is 1. The maximum Gasteiger partial charge on any atom is 0.303 e. The maximum absolute atomic E-state index is 12.0. The second kappa shape index (κ2) is 10.1. The fraction of sp³-hybridized carbons (Fsp3) is 0.389. The lowest BCUT2D eigenvalue weighted by atomic mass is 10.0. The topological polar surface area (TPSA) is 102 Å². The van der Waals surface area contributed by atoms with E-state index in [0.717, 1.165) is 29.7 Å². The first kappa shape index (κ1) is 19.2. The Hall–Kier alpha value is -2.81. The summed E-state index contributed by atoms with van der Waals surface area (Å²) in [6, 6.07) is 7.87. The van der Waals surface area contributed by atoms with Crippen molar-refractivity contribution in [2.75, 3.05) is 11.9 Å². The average molecular weight is 329 g/mol. The molecular weight excluding hydrogens is 306 g/mol. The second-order valence-corrected chi connectivity index (χ2v) is 5.23. The Bertz CT molecular complexity index is 638. The molecule has 0 radical (unpaired) electrons. The number of carbonyl (C=O) groups excluding carboxylic acids is 1. The molecule has 1 rings (SSSR count). The Balaban J connectivity index is 2.78. The van der Waals surface area contributed by atoms with Crippen LogP contribution in [0.25, 0.3) is 0 Å². The molecule has 6 nitrogen and oxygen atoms in total. The first-order valence-corrected chi connectivity index (χ1v) is 8.01. The van der Waals surface area contributed by atoms with E-state index in [1.54, 1.807) is 0 Å². The van der Waals surface area contributed by atoms with E-state index in [1.807, 2.05) is 38.1 Å². The van der Waals surface area contributed by atoms with Gasteiger partial charge in [-0.05, 0) is 30.4 Å². The molecule has 0 spiro atoms. The van der Waals surface area contributed by atoms with E-state index in [2.05, 4.69) is 10.6 Å². The molecule has 0 fully saturated rings. The smallest absolute Gasteiger partial charge is 0.303 e. The number of rotatable bonds is 9. The minimum absolute atomic E-state index is 0.0200. The standard InChI is InChI=1S/C18H23N3O3/c1-3-13-7-5-8-14(4-2)17(13)21-12-15(11-19)18(24)20-10-6-9-16(22)23/h5,7-8,12,21H,3-4,6,9-10H2,1-2H3,(H,20,24)(H,22,23)/b15-12-. The average Bonchev–Trinajstić information content (AvgIpc) is 2.58. The van der Waals surface area contributed by atoms with Crippen LogP contribution in [0.2, 0.25) is 0 Å². The van der Waals surface area contributed by atoms with Crippen molar-refractivity contribution in [1.29, 1.82) is 5.26 Å². The molecule has 0 atom stereocenters. The predicted molar refractivity (Wildman–Crippen MR) is 92.4 cm³/mol. The zero-order chi connectivity index (χ0) is 17.9. The lowest BCUT2D eigenvalue weighted by Gasteiger charge is -2.13. The number of hydrogen-bond acceptors (Lipinski definition) is 4. The van der Waals surface area contributed by atoms with Crippen molar-refractivity contribution in [3.63, 3.8) is 0 Å². The Kier molecular flexibility index (Phi) is 8.06. The zero-order valence-corrected chi connectivity index (χ0v) is 14.1. The van der Waals surface area contributed by atoms with Gasteiger partial charge in [0.15, 0.2) is 0 Å². The van der Waals surface area contributed by atoms with Crippen molar-refractivity contribution in [1.82, 2.24) is 5.32 Å². The number of hydrogen-bond donors (Lipinski definition) is 3. The molecule has 0 aliphatic carbocycles. The molecule has 128 valence electrons. The van der Waals surface area contributed by atoms with Crippen LogP contribution in [-0.2, 0) is 22.4 Å². The highest BCUT2D eigenvalue weighted by atomic mass is 16.4. The summed E-state index contributed by atoms with van der Waals surface area (Å²) in [5, 5.41) is 23.3. The van der Waals surface area contributed by atoms with E-state index in [1.165, 1.54) is 6.20 Å². The summed E-state index contributed by atoms with van der Waals surface area (Å²) >= 11 is 0. The molecule has 1 aromatic rings. The summed E-state index contributed by atoms with van der Waals surface area (Å²) in [6.45, 7) is 4.31. The van der Waals surface area contributed by atoms with Crippen LogP contribution < -0.4 is 10.6 Å². The van der Waals surface area contributed by atoms with Crippen molar-refractivity contribution in [2.45, 2.75) is 39.5 Å². The second-order valence-electron chi connectivity index (χ2n) is 5.23. The molecule has 0 aromatic heterocycles. The predicted octanol–water partition coefficient (Wildman–Crippen LogP) is 2.61. The highest BCUT2D eigenvalue weighted by Crippen LogP contribution is 2.22. The molecule has 0 saturated carbocycles. The summed E-state index contributed by atoms with van der Waals surface area (Å²) in [5.41, 5.74) is 3.11. The molecular formula is C18H23N3O3. The fourth-order valence-electron chi connectivity index (χ4n) is 2.26. The molecule has 0 saturated heterocycles. The van der Waals surface area contributed by atoms with Gasteiger partial charge < -0.3 is 15.7 Å². The van der Waals surface area contributed by atoms with Gasteiger partial charge in [-0.2, -0.15) is 5.26 Å². The van der Waals surface area contributed by atoms with Gasteiger partial charge in [0.2, 0.25) is 0 Å². The monoisotopic (exact) mass is 329 g/mol. The third-order valence-corrected chi connectivity index (χ3v) is 3.58. The number of carbonyl (C=O) groups is 2. The molecule has 3 N–H and O–H groups in total. The number of anilines is 1. The highest BCUT2D eigenvalue weighted by molar-refractivity contribution is 5.97. The van der Waals surface area contributed by atoms with Crippen molar-refractivity contribution in [3.8, 4) is 6.07 Å². The van der Waals surface area contributed by atoms with Gasteiger partial charge in [-0.1, -0.05) is 32.0 Å². The summed E-state index contributed by atoms with van der Waals surface area (Å²) in [5.74, 6) is -1.42. The van der Waals surface area contributed by atoms with Crippen molar-refractivity contribution in [2.24, 2.45) is 0 Å². The Morgan fingerprint density at radius 2 is 1.88 bits per heavy atom. The molecule has 0 heterocycles. The third-order valence-electron chi connectivity index (χ3n) is 3.58. The highest BCUT2D eigenvalue weighted by Gasteiger charge is 2.10. The number of para-hydroxylation sites is 1. The van der Waals surface area contributed by atoms with E-state index < -0.39 is 11.9 Å². The first-order chi connectivity index (χ1) is 11.5. The van der Waals surface area contributed by atoms with Crippen molar-refractivity contribution in [3.05, 3.63) is 41.1 Å². The number of aryl methyl sites for hydroxylation is 2. The van der Waals surface area contributed by atoms with Crippen LogP contribution in [0.5, 0.6) is 0 Å². The molecule has 0 aliphatic rings. The van der Waals surface area contributed by atoms with E-state index in [-0.39, 0.29) is 18.5 Å².